The first-order chi connectivity index (χ1) is 8.28. The largest absolute Gasteiger partial charge is 0.480 e. The van der Waals surface area contributed by atoms with Gasteiger partial charge in [-0.15, -0.1) is 0 Å². The summed E-state index contributed by atoms with van der Waals surface area (Å²) in [7, 11) is 0. The Labute approximate surface area is 110 Å². The first kappa shape index (κ1) is 14.5. The van der Waals surface area contributed by atoms with Gasteiger partial charge in [0.25, 0.3) is 0 Å². The van der Waals surface area contributed by atoms with E-state index in [1.807, 2.05) is 16.8 Å². The van der Waals surface area contributed by atoms with Gasteiger partial charge < -0.3 is 15.2 Å². The molecule has 1 atom stereocenters. The van der Waals surface area contributed by atoms with E-state index in [0.29, 0.717) is 0 Å². The number of carboxylic acid groups (broad SMARTS) is 1. The van der Waals surface area contributed by atoms with Crippen LogP contribution in [-0.2, 0) is 16.0 Å². The van der Waals surface area contributed by atoms with Crippen molar-refractivity contribution in [1.29, 1.82) is 0 Å². The highest BCUT2D eigenvalue weighted by atomic mass is 32.1. The summed E-state index contributed by atoms with van der Waals surface area (Å²) in [5, 5.41) is 15.1. The molecule has 0 saturated carbocycles. The molecule has 0 unspecified atom stereocenters. The van der Waals surface area contributed by atoms with Gasteiger partial charge in [0, 0.05) is 6.42 Å². The zero-order valence-electron chi connectivity index (χ0n) is 10.6. The Kier molecular flexibility index (Phi) is 4.72. The first-order valence-corrected chi connectivity index (χ1v) is 6.45. The summed E-state index contributed by atoms with van der Waals surface area (Å²) in [6, 6.07) is 0.853. The van der Waals surface area contributed by atoms with Gasteiger partial charge >= 0.3 is 12.1 Å². The minimum absolute atomic E-state index is 0.248. The number of carboxylic acids is 1. The van der Waals surface area contributed by atoms with Crippen LogP contribution in [0.25, 0.3) is 0 Å². The van der Waals surface area contributed by atoms with Crippen molar-refractivity contribution < 1.29 is 19.4 Å². The quantitative estimate of drug-likeness (QED) is 0.880. The molecule has 0 spiro atoms. The van der Waals surface area contributed by atoms with Gasteiger partial charge in [-0.1, -0.05) is 0 Å². The third kappa shape index (κ3) is 5.18. The van der Waals surface area contributed by atoms with Crippen molar-refractivity contribution in [2.24, 2.45) is 0 Å². The lowest BCUT2D eigenvalue weighted by Crippen LogP contribution is -2.44. The fraction of sp³-hybridized carbons (Fsp3) is 0.500. The lowest BCUT2D eigenvalue weighted by atomic mass is 10.1. The van der Waals surface area contributed by atoms with Crippen molar-refractivity contribution >= 4 is 23.4 Å². The molecule has 0 saturated heterocycles. The van der Waals surface area contributed by atoms with Crippen LogP contribution in [0, 0.1) is 0 Å². The molecule has 5 nitrogen and oxygen atoms in total. The standard InChI is InChI=1S/C12H17NO4S/c1-12(2,3)17-11(16)13-9(10(14)15)6-8-4-5-18-7-8/h4-5,7,9H,6H2,1-3H3,(H,13,16)(H,14,15)/t9-/m0/s1. The van der Waals surface area contributed by atoms with Crippen LogP contribution in [0.4, 0.5) is 4.79 Å². The van der Waals surface area contributed by atoms with Gasteiger partial charge in [0.1, 0.15) is 11.6 Å². The average Bonchev–Trinajstić information content (AvgIpc) is 2.66. The molecular formula is C12H17NO4S. The van der Waals surface area contributed by atoms with Gasteiger partial charge in [-0.25, -0.2) is 9.59 Å². The summed E-state index contributed by atoms with van der Waals surface area (Å²) in [6.07, 6.45) is -0.469. The monoisotopic (exact) mass is 271 g/mol. The maximum atomic E-state index is 11.5. The molecule has 1 heterocycles. The lowest BCUT2D eigenvalue weighted by molar-refractivity contribution is -0.139. The zero-order valence-corrected chi connectivity index (χ0v) is 11.4. The molecule has 1 amide bonds. The molecular weight excluding hydrogens is 254 g/mol. The predicted molar refractivity (Wildman–Crippen MR) is 68.8 cm³/mol. The molecule has 6 heteroatoms. The van der Waals surface area contributed by atoms with Gasteiger partial charge in [0.2, 0.25) is 0 Å². The summed E-state index contributed by atoms with van der Waals surface area (Å²) in [4.78, 5) is 22.6. The van der Waals surface area contributed by atoms with Gasteiger partial charge in [-0.05, 0) is 43.2 Å². The summed E-state index contributed by atoms with van der Waals surface area (Å²) >= 11 is 1.49. The van der Waals surface area contributed by atoms with Crippen LogP contribution in [0.5, 0.6) is 0 Å². The van der Waals surface area contributed by atoms with E-state index in [1.54, 1.807) is 20.8 Å². The Morgan fingerprint density at radius 1 is 1.50 bits per heavy atom. The molecule has 0 aliphatic heterocycles. The lowest BCUT2D eigenvalue weighted by Gasteiger charge is -2.21. The molecule has 18 heavy (non-hydrogen) atoms. The van der Waals surface area contributed by atoms with Crippen LogP contribution in [0.3, 0.4) is 0 Å². The summed E-state index contributed by atoms with van der Waals surface area (Å²) in [6.45, 7) is 5.17. The maximum Gasteiger partial charge on any atom is 0.408 e. The number of thiophene rings is 1. The summed E-state index contributed by atoms with van der Waals surface area (Å²) in [5.41, 5.74) is 0.235. The number of nitrogens with one attached hydrogen (secondary N) is 1. The van der Waals surface area contributed by atoms with Gasteiger partial charge in [0.05, 0.1) is 0 Å². The van der Waals surface area contributed by atoms with E-state index in [0.717, 1.165) is 5.56 Å². The van der Waals surface area contributed by atoms with Crippen LogP contribution >= 0.6 is 11.3 Å². The Hall–Kier alpha value is -1.56. The number of hydrogen-bond donors (Lipinski definition) is 2. The number of ether oxygens (including phenoxy) is 1. The number of aliphatic carboxylic acids is 1. The van der Waals surface area contributed by atoms with Crippen molar-refractivity contribution in [2.75, 3.05) is 0 Å². The minimum atomic E-state index is -1.08. The Balaban J connectivity index is 2.58. The molecule has 0 aliphatic carbocycles. The number of carbonyl (C=O) groups is 2. The molecule has 1 aromatic rings. The fourth-order valence-electron chi connectivity index (χ4n) is 1.29. The molecule has 1 aromatic heterocycles. The predicted octanol–water partition coefficient (Wildman–Crippen LogP) is 2.27. The van der Waals surface area contributed by atoms with Crippen LogP contribution in [0.2, 0.25) is 0 Å². The van der Waals surface area contributed by atoms with Crippen LogP contribution in [0.1, 0.15) is 26.3 Å². The normalized spacial score (nSPS) is 12.8. The number of rotatable bonds is 4. The molecule has 0 aliphatic rings. The van der Waals surface area contributed by atoms with E-state index < -0.39 is 23.7 Å². The molecule has 100 valence electrons. The topological polar surface area (TPSA) is 75.6 Å². The molecule has 1 rings (SSSR count). The molecule has 0 fully saturated rings. The summed E-state index contributed by atoms with van der Waals surface area (Å²) < 4.78 is 5.03. The number of alkyl carbamates (subject to hydrolysis) is 1. The van der Waals surface area contributed by atoms with Gasteiger partial charge in [-0.3, -0.25) is 0 Å². The Morgan fingerprint density at radius 2 is 2.17 bits per heavy atom. The van der Waals surface area contributed by atoms with Gasteiger partial charge in [-0.2, -0.15) is 11.3 Å². The van der Waals surface area contributed by atoms with Crippen molar-refractivity contribution in [1.82, 2.24) is 5.32 Å². The number of amides is 1. The van der Waals surface area contributed by atoms with Crippen LogP contribution in [-0.4, -0.2) is 28.8 Å². The Morgan fingerprint density at radius 3 is 2.61 bits per heavy atom. The van der Waals surface area contributed by atoms with Crippen LogP contribution in [0.15, 0.2) is 16.8 Å². The highest BCUT2D eigenvalue weighted by molar-refractivity contribution is 7.07. The first-order valence-electron chi connectivity index (χ1n) is 5.51. The summed E-state index contributed by atoms with van der Waals surface area (Å²) in [5.74, 6) is -1.08. The molecule has 0 radical (unpaired) electrons. The second kappa shape index (κ2) is 5.86. The van der Waals surface area contributed by atoms with E-state index in [4.69, 9.17) is 9.84 Å². The Bertz CT molecular complexity index is 408. The second-order valence-corrected chi connectivity index (χ2v) is 5.65. The van der Waals surface area contributed by atoms with E-state index in [-0.39, 0.29) is 6.42 Å². The van der Waals surface area contributed by atoms with E-state index in [9.17, 15) is 9.59 Å². The average molecular weight is 271 g/mol. The van der Waals surface area contributed by atoms with E-state index >= 15 is 0 Å². The van der Waals surface area contributed by atoms with E-state index in [2.05, 4.69) is 5.32 Å². The van der Waals surface area contributed by atoms with Crippen molar-refractivity contribution in [2.45, 2.75) is 38.8 Å². The molecule has 0 aromatic carbocycles. The number of carbonyl (C=O) groups excluding carboxylic acids is 1. The molecule has 2 N–H and O–H groups in total. The maximum absolute atomic E-state index is 11.5. The van der Waals surface area contributed by atoms with Crippen molar-refractivity contribution in [3.05, 3.63) is 22.4 Å². The fourth-order valence-corrected chi connectivity index (χ4v) is 1.98. The van der Waals surface area contributed by atoms with Crippen LogP contribution < -0.4 is 5.32 Å². The highest BCUT2D eigenvalue weighted by Crippen LogP contribution is 2.10. The SMILES string of the molecule is CC(C)(C)OC(=O)N[C@@H](Cc1ccsc1)C(=O)O. The van der Waals surface area contributed by atoms with Crippen molar-refractivity contribution in [3.8, 4) is 0 Å². The second-order valence-electron chi connectivity index (χ2n) is 4.87. The smallest absolute Gasteiger partial charge is 0.408 e. The number of hydrogen-bond acceptors (Lipinski definition) is 4. The van der Waals surface area contributed by atoms with E-state index in [1.165, 1.54) is 11.3 Å². The third-order valence-corrected chi connectivity index (χ3v) is 2.74. The van der Waals surface area contributed by atoms with Gasteiger partial charge in [0.15, 0.2) is 0 Å². The zero-order chi connectivity index (χ0) is 13.8. The highest BCUT2D eigenvalue weighted by Gasteiger charge is 2.24. The third-order valence-electron chi connectivity index (χ3n) is 2.01. The molecule has 0 bridgehead atoms. The minimum Gasteiger partial charge on any atom is -0.480 e. The van der Waals surface area contributed by atoms with Crippen molar-refractivity contribution in [3.63, 3.8) is 0 Å².